The number of carbonyl (C=O) groups is 1. The Balaban J connectivity index is 2.50. The molecule has 1 aromatic rings. The van der Waals surface area contributed by atoms with Gasteiger partial charge in [0.2, 0.25) is 5.91 Å². The van der Waals surface area contributed by atoms with Crippen LogP contribution in [-0.4, -0.2) is 17.3 Å². The Morgan fingerprint density at radius 3 is 2.63 bits per heavy atom. The predicted molar refractivity (Wildman–Crippen MR) is 81.7 cm³/mol. The van der Waals surface area contributed by atoms with Crippen LogP contribution >= 0.6 is 11.6 Å². The molecule has 0 bridgehead atoms. The first-order chi connectivity index (χ1) is 9.00. The molecule has 1 amide bonds. The van der Waals surface area contributed by atoms with Gasteiger partial charge in [-0.15, -0.1) is 11.6 Å². The van der Waals surface area contributed by atoms with E-state index in [2.05, 4.69) is 38.2 Å². The number of hydrogen-bond acceptors (Lipinski definition) is 1. The van der Waals surface area contributed by atoms with Gasteiger partial charge in [0.25, 0.3) is 0 Å². The molecule has 0 radical (unpaired) electrons. The van der Waals surface area contributed by atoms with Crippen molar-refractivity contribution in [2.45, 2.75) is 52.0 Å². The van der Waals surface area contributed by atoms with E-state index < -0.39 is 0 Å². The number of nitrogens with one attached hydrogen (secondary N) is 1. The van der Waals surface area contributed by atoms with E-state index in [0.717, 1.165) is 19.3 Å². The van der Waals surface area contributed by atoms with Gasteiger partial charge in [-0.1, -0.05) is 31.2 Å². The Bertz CT molecular complexity index is 419. The van der Waals surface area contributed by atoms with E-state index >= 15 is 0 Å². The first-order valence-corrected chi connectivity index (χ1v) is 7.45. The molecule has 0 aliphatic carbocycles. The molecule has 19 heavy (non-hydrogen) atoms. The standard InChI is InChI=1S/C16H24ClNO/c1-4-16(3,11-12-17)18-15(19)10-9-14-8-6-5-7-13(14)2/h5-8H,4,9-12H2,1-3H3,(H,18,19). The molecule has 0 aromatic heterocycles. The van der Waals surface area contributed by atoms with Crippen LogP contribution in [0.15, 0.2) is 24.3 Å². The Morgan fingerprint density at radius 1 is 1.37 bits per heavy atom. The molecule has 0 spiro atoms. The smallest absolute Gasteiger partial charge is 0.220 e. The summed E-state index contributed by atoms with van der Waals surface area (Å²) >= 11 is 5.79. The summed E-state index contributed by atoms with van der Waals surface area (Å²) in [6, 6.07) is 8.20. The normalized spacial score (nSPS) is 13.9. The number of halogens is 1. The van der Waals surface area contributed by atoms with Gasteiger partial charge in [0, 0.05) is 17.8 Å². The molecule has 1 atom stereocenters. The lowest BCUT2D eigenvalue weighted by Crippen LogP contribution is -2.45. The van der Waals surface area contributed by atoms with Crippen molar-refractivity contribution >= 4 is 17.5 Å². The second kappa shape index (κ2) is 7.54. The predicted octanol–water partition coefficient (Wildman–Crippen LogP) is 3.84. The lowest BCUT2D eigenvalue weighted by atomic mass is 9.95. The van der Waals surface area contributed by atoms with Gasteiger partial charge in [-0.05, 0) is 44.2 Å². The maximum atomic E-state index is 12.0. The van der Waals surface area contributed by atoms with Crippen LogP contribution in [0.5, 0.6) is 0 Å². The first-order valence-electron chi connectivity index (χ1n) is 6.92. The van der Waals surface area contributed by atoms with E-state index in [4.69, 9.17) is 11.6 Å². The molecule has 0 aliphatic heterocycles. The van der Waals surface area contributed by atoms with Crippen molar-refractivity contribution in [3.05, 3.63) is 35.4 Å². The largest absolute Gasteiger partial charge is 0.351 e. The minimum absolute atomic E-state index is 0.109. The Labute approximate surface area is 121 Å². The highest BCUT2D eigenvalue weighted by Gasteiger charge is 2.23. The van der Waals surface area contributed by atoms with Gasteiger partial charge in [-0.25, -0.2) is 0 Å². The van der Waals surface area contributed by atoms with Crippen molar-refractivity contribution in [1.29, 1.82) is 0 Å². The summed E-state index contributed by atoms with van der Waals surface area (Å²) in [5.74, 6) is 0.681. The number of alkyl halides is 1. The first kappa shape index (κ1) is 16.0. The minimum atomic E-state index is -0.176. The van der Waals surface area contributed by atoms with E-state index in [1.54, 1.807) is 0 Å². The zero-order chi connectivity index (χ0) is 14.3. The monoisotopic (exact) mass is 281 g/mol. The molecule has 0 saturated carbocycles. The highest BCUT2D eigenvalue weighted by molar-refractivity contribution is 6.17. The summed E-state index contributed by atoms with van der Waals surface area (Å²) < 4.78 is 0. The van der Waals surface area contributed by atoms with Crippen molar-refractivity contribution in [1.82, 2.24) is 5.32 Å². The van der Waals surface area contributed by atoms with Crippen molar-refractivity contribution < 1.29 is 4.79 Å². The molecule has 0 aliphatic rings. The van der Waals surface area contributed by atoms with Crippen molar-refractivity contribution in [3.8, 4) is 0 Å². The lowest BCUT2D eigenvalue weighted by molar-refractivity contribution is -0.122. The molecule has 0 saturated heterocycles. The average molecular weight is 282 g/mol. The summed E-state index contributed by atoms with van der Waals surface area (Å²) in [6.07, 6.45) is 3.03. The van der Waals surface area contributed by atoms with Crippen LogP contribution < -0.4 is 5.32 Å². The van der Waals surface area contributed by atoms with E-state index in [1.807, 2.05) is 12.1 Å². The molecular formula is C16H24ClNO. The van der Waals surface area contributed by atoms with E-state index in [9.17, 15) is 4.79 Å². The molecule has 1 aromatic carbocycles. The van der Waals surface area contributed by atoms with Gasteiger partial charge in [0.1, 0.15) is 0 Å². The summed E-state index contributed by atoms with van der Waals surface area (Å²) in [4.78, 5) is 12.0. The van der Waals surface area contributed by atoms with E-state index in [1.165, 1.54) is 11.1 Å². The van der Waals surface area contributed by atoms with E-state index in [-0.39, 0.29) is 11.4 Å². The zero-order valence-electron chi connectivity index (χ0n) is 12.1. The molecule has 1 unspecified atom stereocenters. The van der Waals surface area contributed by atoms with Crippen molar-refractivity contribution in [2.75, 3.05) is 5.88 Å². The molecule has 1 N–H and O–H groups in total. The maximum Gasteiger partial charge on any atom is 0.220 e. The second-order valence-electron chi connectivity index (χ2n) is 5.33. The van der Waals surface area contributed by atoms with Gasteiger partial charge in [-0.2, -0.15) is 0 Å². The summed E-state index contributed by atoms with van der Waals surface area (Å²) in [7, 11) is 0. The van der Waals surface area contributed by atoms with Crippen molar-refractivity contribution in [3.63, 3.8) is 0 Å². The van der Waals surface area contributed by atoms with Crippen LogP contribution in [0.25, 0.3) is 0 Å². The topological polar surface area (TPSA) is 29.1 Å². The third-order valence-electron chi connectivity index (χ3n) is 3.75. The van der Waals surface area contributed by atoms with Crippen LogP contribution in [0, 0.1) is 6.92 Å². The highest BCUT2D eigenvalue weighted by atomic mass is 35.5. The number of benzene rings is 1. The number of amides is 1. The van der Waals surface area contributed by atoms with Crippen LogP contribution in [0.3, 0.4) is 0 Å². The summed E-state index contributed by atoms with van der Waals surface area (Å²) in [5.41, 5.74) is 2.31. The second-order valence-corrected chi connectivity index (χ2v) is 5.71. The third-order valence-corrected chi connectivity index (χ3v) is 3.94. The number of carbonyl (C=O) groups excluding carboxylic acids is 1. The van der Waals surface area contributed by atoms with E-state index in [0.29, 0.717) is 12.3 Å². The van der Waals surface area contributed by atoms with Crippen LogP contribution in [0.1, 0.15) is 44.2 Å². The number of aryl methyl sites for hydroxylation is 2. The lowest BCUT2D eigenvalue weighted by Gasteiger charge is -2.29. The Hall–Kier alpha value is -1.02. The van der Waals surface area contributed by atoms with Crippen LogP contribution in [0.4, 0.5) is 0 Å². The van der Waals surface area contributed by atoms with Crippen molar-refractivity contribution in [2.24, 2.45) is 0 Å². The van der Waals surface area contributed by atoms with Crippen LogP contribution in [0.2, 0.25) is 0 Å². The number of rotatable bonds is 7. The van der Waals surface area contributed by atoms with Gasteiger partial charge in [0.05, 0.1) is 0 Å². The van der Waals surface area contributed by atoms with Gasteiger partial charge < -0.3 is 5.32 Å². The zero-order valence-corrected chi connectivity index (χ0v) is 12.9. The van der Waals surface area contributed by atoms with Gasteiger partial charge in [0.15, 0.2) is 0 Å². The molecular weight excluding hydrogens is 258 g/mol. The fourth-order valence-electron chi connectivity index (χ4n) is 2.07. The summed E-state index contributed by atoms with van der Waals surface area (Å²) in [5, 5.41) is 3.11. The maximum absolute atomic E-state index is 12.0. The third kappa shape index (κ3) is 5.23. The number of hydrogen-bond donors (Lipinski definition) is 1. The average Bonchev–Trinajstić information content (AvgIpc) is 2.38. The molecule has 106 valence electrons. The quantitative estimate of drug-likeness (QED) is 0.756. The Morgan fingerprint density at radius 2 is 2.05 bits per heavy atom. The van der Waals surface area contributed by atoms with Gasteiger partial charge in [-0.3, -0.25) is 4.79 Å². The molecule has 0 heterocycles. The fourth-order valence-corrected chi connectivity index (χ4v) is 2.49. The minimum Gasteiger partial charge on any atom is -0.351 e. The van der Waals surface area contributed by atoms with Gasteiger partial charge >= 0.3 is 0 Å². The molecule has 2 nitrogen and oxygen atoms in total. The molecule has 1 rings (SSSR count). The summed E-state index contributed by atoms with van der Waals surface area (Å²) in [6.45, 7) is 6.21. The molecule has 3 heteroatoms. The highest BCUT2D eigenvalue weighted by Crippen LogP contribution is 2.16. The molecule has 0 fully saturated rings. The van der Waals surface area contributed by atoms with Crippen LogP contribution in [-0.2, 0) is 11.2 Å². The fraction of sp³-hybridized carbons (Fsp3) is 0.562. The SMILES string of the molecule is CCC(C)(CCCl)NC(=O)CCc1ccccc1C. The Kier molecular flexibility index (Phi) is 6.36.